The Kier molecular flexibility index (Phi) is 13.1. The van der Waals surface area contributed by atoms with Crippen LogP contribution < -0.4 is 5.73 Å². The Morgan fingerprint density at radius 3 is 1.92 bits per heavy atom. The van der Waals surface area contributed by atoms with Crippen LogP contribution in [-0.2, 0) is 0 Å². The van der Waals surface area contributed by atoms with Crippen LogP contribution in [0.4, 0.5) is 0 Å². The third-order valence-corrected chi connectivity index (χ3v) is 1.78. The third kappa shape index (κ3) is 14.3. The van der Waals surface area contributed by atoms with Gasteiger partial charge in [0.1, 0.15) is 0 Å². The summed E-state index contributed by atoms with van der Waals surface area (Å²) in [5.74, 6) is 0. The molecule has 2 N–H and O–H groups in total. The van der Waals surface area contributed by atoms with E-state index in [1.807, 2.05) is 0 Å². The van der Waals surface area contributed by atoms with E-state index in [4.69, 9.17) is 5.73 Å². The third-order valence-electron chi connectivity index (χ3n) is 1.78. The minimum Gasteiger partial charge on any atom is -0.330 e. The summed E-state index contributed by atoms with van der Waals surface area (Å²) in [6.07, 6.45) is 6.60. The highest BCUT2D eigenvalue weighted by Gasteiger charge is 1.82. The van der Waals surface area contributed by atoms with Crippen molar-refractivity contribution in [2.75, 3.05) is 6.54 Å². The highest BCUT2D eigenvalue weighted by molar-refractivity contribution is 5.19. The molecule has 0 saturated heterocycles. The molecule has 13 heavy (non-hydrogen) atoms. The Bertz CT molecular complexity index is 153. The molecule has 1 nitrogen and oxygen atoms in total. The molecule has 0 bridgehead atoms. The van der Waals surface area contributed by atoms with Crippen molar-refractivity contribution in [2.24, 2.45) is 5.73 Å². The van der Waals surface area contributed by atoms with E-state index in [0.29, 0.717) is 0 Å². The molecular weight excluding hydrogens is 158 g/mol. The largest absolute Gasteiger partial charge is 0.330 e. The summed E-state index contributed by atoms with van der Waals surface area (Å²) in [4.78, 5) is 0. The molecule has 0 aliphatic heterocycles. The molecule has 0 amide bonds. The van der Waals surface area contributed by atoms with E-state index in [0.717, 1.165) is 19.4 Å². The van der Waals surface area contributed by atoms with Crippen LogP contribution in [0.15, 0.2) is 23.3 Å². The Morgan fingerprint density at radius 1 is 1.23 bits per heavy atom. The van der Waals surface area contributed by atoms with Gasteiger partial charge in [0.2, 0.25) is 0 Å². The average molecular weight is 183 g/mol. The summed E-state index contributed by atoms with van der Waals surface area (Å²) in [7, 11) is 0. The first kappa shape index (κ1) is 14.9. The molecule has 0 atom stereocenters. The number of hydrogen-bond acceptors (Lipinski definition) is 1. The fourth-order valence-electron chi connectivity index (χ4n) is 0.574. The standard InChI is InChI=1S/C9H16.C3H9N/c1-5-8(3)7-9(4)6-2;1-2-3-4/h5,7H,6H2,1-4H3;2-4H2,1H3/b8-5-,9-7-;. The second-order valence-electron chi connectivity index (χ2n) is 3.17. The van der Waals surface area contributed by atoms with Gasteiger partial charge >= 0.3 is 0 Å². The van der Waals surface area contributed by atoms with Crippen molar-refractivity contribution in [3.05, 3.63) is 23.3 Å². The number of rotatable bonds is 3. The maximum atomic E-state index is 5.03. The van der Waals surface area contributed by atoms with Crippen LogP contribution in [0.25, 0.3) is 0 Å². The average Bonchev–Trinajstić information content (AvgIpc) is 2.17. The summed E-state index contributed by atoms with van der Waals surface area (Å²) in [6.45, 7) is 11.4. The summed E-state index contributed by atoms with van der Waals surface area (Å²) in [5.41, 5.74) is 7.83. The molecule has 0 aromatic carbocycles. The van der Waals surface area contributed by atoms with E-state index < -0.39 is 0 Å². The van der Waals surface area contributed by atoms with Crippen LogP contribution in [0.1, 0.15) is 47.5 Å². The van der Waals surface area contributed by atoms with Crippen LogP contribution in [0.2, 0.25) is 0 Å². The van der Waals surface area contributed by atoms with Crippen LogP contribution in [-0.4, -0.2) is 6.54 Å². The fraction of sp³-hybridized carbons (Fsp3) is 0.667. The van der Waals surface area contributed by atoms with Gasteiger partial charge in [-0.05, 0) is 40.2 Å². The van der Waals surface area contributed by atoms with Gasteiger partial charge in [0.25, 0.3) is 0 Å². The normalized spacial score (nSPS) is 12.2. The van der Waals surface area contributed by atoms with Crippen LogP contribution in [0.5, 0.6) is 0 Å². The predicted octanol–water partition coefficient (Wildman–Crippen LogP) is 3.66. The van der Waals surface area contributed by atoms with E-state index in [1.165, 1.54) is 11.1 Å². The Morgan fingerprint density at radius 2 is 1.69 bits per heavy atom. The first-order chi connectivity index (χ1) is 6.12. The van der Waals surface area contributed by atoms with Gasteiger partial charge in [-0.3, -0.25) is 0 Å². The molecule has 0 aromatic rings. The van der Waals surface area contributed by atoms with E-state index in [9.17, 15) is 0 Å². The molecule has 0 aliphatic rings. The highest BCUT2D eigenvalue weighted by atomic mass is 14.5. The van der Waals surface area contributed by atoms with Crippen LogP contribution in [0.3, 0.4) is 0 Å². The fourth-order valence-corrected chi connectivity index (χ4v) is 0.574. The smallest absolute Gasteiger partial charge is 0.00799 e. The predicted molar refractivity (Wildman–Crippen MR) is 62.8 cm³/mol. The molecule has 1 heteroatoms. The lowest BCUT2D eigenvalue weighted by atomic mass is 10.1. The first-order valence-electron chi connectivity index (χ1n) is 5.12. The molecular formula is C12H25N. The highest BCUT2D eigenvalue weighted by Crippen LogP contribution is 2.03. The van der Waals surface area contributed by atoms with Gasteiger partial charge in [-0.2, -0.15) is 0 Å². The van der Waals surface area contributed by atoms with Gasteiger partial charge in [0.15, 0.2) is 0 Å². The van der Waals surface area contributed by atoms with Crippen molar-refractivity contribution in [3.63, 3.8) is 0 Å². The van der Waals surface area contributed by atoms with E-state index >= 15 is 0 Å². The molecule has 0 saturated carbocycles. The van der Waals surface area contributed by atoms with E-state index in [2.05, 4.69) is 46.8 Å². The van der Waals surface area contributed by atoms with Crippen molar-refractivity contribution in [1.82, 2.24) is 0 Å². The number of hydrogen-bond donors (Lipinski definition) is 1. The van der Waals surface area contributed by atoms with Crippen LogP contribution >= 0.6 is 0 Å². The lowest BCUT2D eigenvalue weighted by Crippen LogP contribution is -1.93. The maximum Gasteiger partial charge on any atom is -0.00799 e. The van der Waals surface area contributed by atoms with Crippen molar-refractivity contribution in [2.45, 2.75) is 47.5 Å². The lowest BCUT2D eigenvalue weighted by Gasteiger charge is -1.93. The quantitative estimate of drug-likeness (QED) is 0.664. The second kappa shape index (κ2) is 11.4. The van der Waals surface area contributed by atoms with Crippen LogP contribution in [0, 0.1) is 0 Å². The number of nitrogens with two attached hydrogens (primary N) is 1. The summed E-state index contributed by atoms with van der Waals surface area (Å²) in [5, 5.41) is 0. The Balaban J connectivity index is 0. The molecule has 0 fully saturated rings. The number of allylic oxidation sites excluding steroid dienone is 4. The Labute approximate surface area is 83.7 Å². The second-order valence-corrected chi connectivity index (χ2v) is 3.17. The zero-order valence-corrected chi connectivity index (χ0v) is 9.85. The molecule has 0 heterocycles. The van der Waals surface area contributed by atoms with E-state index in [-0.39, 0.29) is 0 Å². The summed E-state index contributed by atoms with van der Waals surface area (Å²) < 4.78 is 0. The molecule has 0 spiro atoms. The van der Waals surface area contributed by atoms with Gasteiger partial charge in [-0.25, -0.2) is 0 Å². The molecule has 0 aliphatic carbocycles. The first-order valence-corrected chi connectivity index (χ1v) is 5.12. The van der Waals surface area contributed by atoms with E-state index in [1.54, 1.807) is 0 Å². The van der Waals surface area contributed by atoms with Gasteiger partial charge in [0, 0.05) is 0 Å². The Hall–Kier alpha value is -0.560. The zero-order valence-electron chi connectivity index (χ0n) is 9.85. The monoisotopic (exact) mass is 183 g/mol. The maximum absolute atomic E-state index is 5.03. The van der Waals surface area contributed by atoms with Gasteiger partial charge in [-0.1, -0.05) is 37.1 Å². The SMILES string of the molecule is C/C=C(C)\C=C(\C)CC.CCCN. The zero-order chi connectivity index (χ0) is 10.7. The topological polar surface area (TPSA) is 26.0 Å². The van der Waals surface area contributed by atoms with Gasteiger partial charge in [-0.15, -0.1) is 0 Å². The lowest BCUT2D eigenvalue weighted by molar-refractivity contribution is 0.932. The van der Waals surface area contributed by atoms with Crippen molar-refractivity contribution < 1.29 is 0 Å². The minimum absolute atomic E-state index is 0.819. The van der Waals surface area contributed by atoms with Crippen molar-refractivity contribution in [3.8, 4) is 0 Å². The summed E-state index contributed by atoms with van der Waals surface area (Å²) in [6, 6.07) is 0. The van der Waals surface area contributed by atoms with Crippen molar-refractivity contribution in [1.29, 1.82) is 0 Å². The molecule has 78 valence electrons. The molecule has 0 radical (unpaired) electrons. The minimum atomic E-state index is 0.819. The molecule has 0 unspecified atom stereocenters. The van der Waals surface area contributed by atoms with Gasteiger partial charge < -0.3 is 5.73 Å². The van der Waals surface area contributed by atoms with Gasteiger partial charge in [0.05, 0.1) is 0 Å². The van der Waals surface area contributed by atoms with Crippen molar-refractivity contribution >= 4 is 0 Å². The molecule has 0 rings (SSSR count). The molecule has 0 aromatic heterocycles. The summed E-state index contributed by atoms with van der Waals surface area (Å²) >= 11 is 0.